The summed E-state index contributed by atoms with van der Waals surface area (Å²) in [6.45, 7) is 0.844. The van der Waals surface area contributed by atoms with Gasteiger partial charge in [-0.05, 0) is 23.0 Å². The zero-order valence-electron chi connectivity index (χ0n) is 5.15. The first-order valence-electron chi connectivity index (χ1n) is 2.69. The van der Waals surface area contributed by atoms with Crippen molar-refractivity contribution in [2.75, 3.05) is 7.05 Å². The van der Waals surface area contributed by atoms with Crippen molar-refractivity contribution in [2.24, 2.45) is 0 Å². The number of nitrogens with one attached hydrogen (secondary N) is 1. The van der Waals surface area contributed by atoms with Crippen LogP contribution in [0.3, 0.4) is 0 Å². The first-order valence-corrected chi connectivity index (χ1v) is 3.49. The molecule has 0 radical (unpaired) electrons. The SMILES string of the molecule is CNCc1cocc1Br. The molecule has 0 aromatic carbocycles. The molecule has 0 aliphatic heterocycles. The average Bonchev–Trinajstić information content (AvgIpc) is 2.18. The molecule has 0 aliphatic carbocycles. The molecule has 1 rings (SSSR count). The Hall–Kier alpha value is -0.280. The summed E-state index contributed by atoms with van der Waals surface area (Å²) in [6, 6.07) is 0. The molecule has 2 nitrogen and oxygen atoms in total. The lowest BCUT2D eigenvalue weighted by Crippen LogP contribution is -2.03. The molecule has 0 spiro atoms. The van der Waals surface area contributed by atoms with E-state index in [0.29, 0.717) is 0 Å². The quantitative estimate of drug-likeness (QED) is 0.768. The maximum absolute atomic E-state index is 4.91. The van der Waals surface area contributed by atoms with Crippen molar-refractivity contribution in [3.8, 4) is 0 Å². The number of furan rings is 1. The lowest BCUT2D eigenvalue weighted by Gasteiger charge is -1.91. The topological polar surface area (TPSA) is 25.2 Å². The first-order chi connectivity index (χ1) is 4.34. The van der Waals surface area contributed by atoms with Crippen LogP contribution in [0.25, 0.3) is 0 Å². The molecule has 9 heavy (non-hydrogen) atoms. The third kappa shape index (κ3) is 1.56. The van der Waals surface area contributed by atoms with Crippen LogP contribution < -0.4 is 5.32 Å². The maximum Gasteiger partial charge on any atom is 0.105 e. The highest BCUT2D eigenvalue weighted by Gasteiger charge is 1.98. The summed E-state index contributed by atoms with van der Waals surface area (Å²) in [7, 11) is 1.90. The second-order valence-electron chi connectivity index (χ2n) is 1.78. The number of halogens is 1. The van der Waals surface area contributed by atoms with E-state index in [2.05, 4.69) is 21.2 Å². The van der Waals surface area contributed by atoms with Gasteiger partial charge in [-0.2, -0.15) is 0 Å². The third-order valence-corrected chi connectivity index (χ3v) is 1.75. The molecule has 1 aromatic rings. The summed E-state index contributed by atoms with van der Waals surface area (Å²) >= 11 is 3.33. The fourth-order valence-electron chi connectivity index (χ4n) is 0.624. The monoisotopic (exact) mass is 189 g/mol. The van der Waals surface area contributed by atoms with Gasteiger partial charge in [0.1, 0.15) is 6.26 Å². The Balaban J connectivity index is 2.69. The summed E-state index contributed by atoms with van der Waals surface area (Å²) < 4.78 is 5.94. The molecule has 0 atom stereocenters. The Morgan fingerprint density at radius 1 is 1.67 bits per heavy atom. The van der Waals surface area contributed by atoms with E-state index in [1.165, 1.54) is 0 Å². The summed E-state index contributed by atoms with van der Waals surface area (Å²) in [5, 5.41) is 3.02. The summed E-state index contributed by atoms with van der Waals surface area (Å²) in [5.74, 6) is 0. The van der Waals surface area contributed by atoms with E-state index < -0.39 is 0 Å². The Labute approximate surface area is 62.4 Å². The van der Waals surface area contributed by atoms with Gasteiger partial charge in [0.05, 0.1) is 10.7 Å². The predicted octanol–water partition coefficient (Wildman–Crippen LogP) is 1.76. The Kier molecular flexibility index (Phi) is 2.30. The minimum absolute atomic E-state index is 0.844. The van der Waals surface area contributed by atoms with Crippen LogP contribution in [-0.2, 0) is 6.54 Å². The zero-order valence-corrected chi connectivity index (χ0v) is 6.73. The van der Waals surface area contributed by atoms with Crippen LogP contribution in [0.4, 0.5) is 0 Å². The minimum atomic E-state index is 0.844. The van der Waals surface area contributed by atoms with Gasteiger partial charge in [0.25, 0.3) is 0 Å². The van der Waals surface area contributed by atoms with Crippen molar-refractivity contribution in [2.45, 2.75) is 6.54 Å². The Bertz CT molecular complexity index is 185. The van der Waals surface area contributed by atoms with E-state index in [1.807, 2.05) is 7.05 Å². The van der Waals surface area contributed by atoms with E-state index >= 15 is 0 Å². The van der Waals surface area contributed by atoms with Gasteiger partial charge in [0.2, 0.25) is 0 Å². The van der Waals surface area contributed by atoms with E-state index in [9.17, 15) is 0 Å². The molecular weight excluding hydrogens is 182 g/mol. The van der Waals surface area contributed by atoms with Crippen molar-refractivity contribution < 1.29 is 4.42 Å². The van der Waals surface area contributed by atoms with Gasteiger partial charge in [-0.3, -0.25) is 0 Å². The van der Waals surface area contributed by atoms with Crippen molar-refractivity contribution in [1.29, 1.82) is 0 Å². The molecule has 0 fully saturated rings. The Morgan fingerprint density at radius 3 is 2.89 bits per heavy atom. The van der Waals surface area contributed by atoms with Gasteiger partial charge in [0.15, 0.2) is 0 Å². The smallest absolute Gasteiger partial charge is 0.105 e. The van der Waals surface area contributed by atoms with E-state index in [4.69, 9.17) is 4.42 Å². The highest BCUT2D eigenvalue weighted by molar-refractivity contribution is 9.10. The molecule has 50 valence electrons. The zero-order chi connectivity index (χ0) is 6.69. The number of rotatable bonds is 2. The first kappa shape index (κ1) is 6.83. The maximum atomic E-state index is 4.91. The van der Waals surface area contributed by atoms with E-state index in [-0.39, 0.29) is 0 Å². The van der Waals surface area contributed by atoms with Crippen LogP contribution in [0.2, 0.25) is 0 Å². The molecule has 1 aromatic heterocycles. The van der Waals surface area contributed by atoms with Crippen LogP contribution in [-0.4, -0.2) is 7.05 Å². The predicted molar refractivity (Wildman–Crippen MR) is 39.2 cm³/mol. The van der Waals surface area contributed by atoms with Crippen LogP contribution in [0, 0.1) is 0 Å². The second-order valence-corrected chi connectivity index (χ2v) is 2.63. The highest BCUT2D eigenvalue weighted by atomic mass is 79.9. The molecule has 1 heterocycles. The van der Waals surface area contributed by atoms with Gasteiger partial charge < -0.3 is 9.73 Å². The third-order valence-electron chi connectivity index (χ3n) is 1.06. The summed E-state index contributed by atoms with van der Waals surface area (Å²) in [6.07, 6.45) is 3.40. The van der Waals surface area contributed by atoms with Gasteiger partial charge in [-0.25, -0.2) is 0 Å². The minimum Gasteiger partial charge on any atom is -0.471 e. The molecule has 3 heteroatoms. The summed E-state index contributed by atoms with van der Waals surface area (Å²) in [4.78, 5) is 0. The van der Waals surface area contributed by atoms with Crippen LogP contribution in [0.5, 0.6) is 0 Å². The lowest BCUT2D eigenvalue weighted by atomic mass is 10.3. The Morgan fingerprint density at radius 2 is 2.44 bits per heavy atom. The molecule has 0 saturated carbocycles. The molecule has 0 bridgehead atoms. The summed E-state index contributed by atoms with van der Waals surface area (Å²) in [5.41, 5.74) is 1.15. The van der Waals surface area contributed by atoms with Gasteiger partial charge in [0, 0.05) is 12.1 Å². The van der Waals surface area contributed by atoms with Crippen LogP contribution in [0.1, 0.15) is 5.56 Å². The molecule has 1 N–H and O–H groups in total. The average molecular weight is 190 g/mol. The second kappa shape index (κ2) is 3.03. The van der Waals surface area contributed by atoms with Gasteiger partial charge in [-0.1, -0.05) is 0 Å². The van der Waals surface area contributed by atoms with Gasteiger partial charge in [-0.15, -0.1) is 0 Å². The molecule has 0 aliphatic rings. The standard InChI is InChI=1S/C6H8BrNO/c1-8-2-5-3-9-4-6(5)7/h3-4,8H,2H2,1H3. The van der Waals surface area contributed by atoms with Crippen molar-refractivity contribution >= 4 is 15.9 Å². The number of hydrogen-bond donors (Lipinski definition) is 1. The van der Waals surface area contributed by atoms with Crippen LogP contribution >= 0.6 is 15.9 Å². The van der Waals surface area contributed by atoms with Crippen LogP contribution in [0.15, 0.2) is 21.4 Å². The highest BCUT2D eigenvalue weighted by Crippen LogP contribution is 2.16. The van der Waals surface area contributed by atoms with Crippen molar-refractivity contribution in [1.82, 2.24) is 5.32 Å². The van der Waals surface area contributed by atoms with E-state index in [1.54, 1.807) is 12.5 Å². The lowest BCUT2D eigenvalue weighted by molar-refractivity contribution is 0.561. The molecule has 0 saturated heterocycles. The van der Waals surface area contributed by atoms with Crippen molar-refractivity contribution in [3.63, 3.8) is 0 Å². The molecule has 0 amide bonds. The number of hydrogen-bond acceptors (Lipinski definition) is 2. The largest absolute Gasteiger partial charge is 0.471 e. The molecular formula is C6H8BrNO. The fourth-order valence-corrected chi connectivity index (χ4v) is 0.966. The normalized spacial score (nSPS) is 10.0. The molecule has 0 unspecified atom stereocenters. The van der Waals surface area contributed by atoms with Gasteiger partial charge >= 0.3 is 0 Å². The van der Waals surface area contributed by atoms with E-state index in [0.717, 1.165) is 16.6 Å². The van der Waals surface area contributed by atoms with Crippen molar-refractivity contribution in [3.05, 3.63) is 22.6 Å². The fraction of sp³-hybridized carbons (Fsp3) is 0.333.